The summed E-state index contributed by atoms with van der Waals surface area (Å²) in [7, 11) is 0. The Hall–Kier alpha value is -2.08. The monoisotopic (exact) mass is 362 g/mol. The molecule has 1 fully saturated rings. The van der Waals surface area contributed by atoms with Crippen molar-refractivity contribution in [3.8, 4) is 0 Å². The van der Waals surface area contributed by atoms with Crippen molar-refractivity contribution in [2.75, 3.05) is 0 Å². The zero-order valence-corrected chi connectivity index (χ0v) is 15.5. The number of aliphatic hydroxyl groups excluding tert-OH is 1. The van der Waals surface area contributed by atoms with Gasteiger partial charge in [0.25, 0.3) is 0 Å². The molecule has 1 aliphatic carbocycles. The summed E-state index contributed by atoms with van der Waals surface area (Å²) in [4.78, 5) is 12.5. The van der Waals surface area contributed by atoms with Gasteiger partial charge in [0.05, 0.1) is 12.1 Å². The number of hydrogen-bond donors (Lipinski definition) is 3. The summed E-state index contributed by atoms with van der Waals surface area (Å²) in [6, 6.07) is 3.98. The van der Waals surface area contributed by atoms with Crippen LogP contribution < -0.4 is 10.6 Å². The molecule has 1 saturated carbocycles. The zero-order chi connectivity index (χ0) is 18.8. The number of nitrogens with one attached hydrogen (secondary N) is 2. The highest BCUT2D eigenvalue weighted by atomic mass is 19.1. The van der Waals surface area contributed by atoms with Crippen LogP contribution in [0.3, 0.4) is 0 Å². The van der Waals surface area contributed by atoms with Crippen molar-refractivity contribution in [1.82, 2.24) is 10.6 Å². The van der Waals surface area contributed by atoms with Crippen molar-refractivity contribution in [1.29, 1.82) is 0 Å². The largest absolute Gasteiger partial charge is 0.459 e. The molecular weight excluding hydrogens is 335 g/mol. The first-order valence-corrected chi connectivity index (χ1v) is 9.28. The van der Waals surface area contributed by atoms with Crippen molar-refractivity contribution >= 4 is 17.0 Å². The average Bonchev–Trinajstić information content (AvgIpc) is 2.91. The van der Waals surface area contributed by atoms with Gasteiger partial charge in [-0.3, -0.25) is 0 Å². The normalized spacial score (nSPS) is 21.8. The summed E-state index contributed by atoms with van der Waals surface area (Å²) in [5.74, 6) is 0.465. The van der Waals surface area contributed by atoms with E-state index in [1.165, 1.54) is 12.1 Å². The van der Waals surface area contributed by atoms with Crippen LogP contribution in [-0.2, 0) is 0 Å². The standard InChI is InChI=1S/C20H27FN2O3/c1-11(2)18(23-20(25)22-14-5-7-15(24)8-6-14)19-12(3)16-10-13(21)4-9-17(16)26-19/h4,9-11,14-15,18,24H,5-8H2,1-3H3,(H2,22,23,25)/t14-,15-,18-/m0/s1. The van der Waals surface area contributed by atoms with Crippen LogP contribution in [-0.4, -0.2) is 23.3 Å². The highest BCUT2D eigenvalue weighted by Crippen LogP contribution is 2.33. The van der Waals surface area contributed by atoms with E-state index in [0.717, 1.165) is 23.8 Å². The van der Waals surface area contributed by atoms with Crippen LogP contribution in [0.25, 0.3) is 11.0 Å². The summed E-state index contributed by atoms with van der Waals surface area (Å²) < 4.78 is 19.5. The molecule has 3 N–H and O–H groups in total. The van der Waals surface area contributed by atoms with Crippen LogP contribution in [0.15, 0.2) is 22.6 Å². The van der Waals surface area contributed by atoms with E-state index in [9.17, 15) is 14.3 Å². The van der Waals surface area contributed by atoms with Crippen LogP contribution in [0.1, 0.15) is 56.9 Å². The van der Waals surface area contributed by atoms with Gasteiger partial charge < -0.3 is 20.2 Å². The third kappa shape index (κ3) is 4.01. The first-order chi connectivity index (χ1) is 12.3. The summed E-state index contributed by atoms with van der Waals surface area (Å²) in [5.41, 5.74) is 1.47. The van der Waals surface area contributed by atoms with E-state index < -0.39 is 0 Å². The third-order valence-electron chi connectivity index (χ3n) is 5.20. The fraction of sp³-hybridized carbons (Fsp3) is 0.550. The van der Waals surface area contributed by atoms with E-state index in [1.807, 2.05) is 20.8 Å². The maximum atomic E-state index is 13.5. The SMILES string of the molecule is Cc1c([C@@H](NC(=O)N[C@H]2CC[C@H](O)CC2)C(C)C)oc2ccc(F)cc12. The number of aryl methyl sites for hydroxylation is 1. The number of furan rings is 1. The summed E-state index contributed by atoms with van der Waals surface area (Å²) >= 11 is 0. The highest BCUT2D eigenvalue weighted by molar-refractivity contribution is 5.82. The van der Waals surface area contributed by atoms with Crippen LogP contribution in [0.2, 0.25) is 0 Å². The molecule has 26 heavy (non-hydrogen) atoms. The molecule has 0 bridgehead atoms. The molecule has 1 aromatic heterocycles. The molecule has 0 radical (unpaired) electrons. The van der Waals surface area contributed by atoms with E-state index in [-0.39, 0.29) is 36.0 Å². The van der Waals surface area contributed by atoms with Gasteiger partial charge in [0.15, 0.2) is 0 Å². The minimum Gasteiger partial charge on any atom is -0.459 e. The molecule has 1 heterocycles. The molecule has 2 aromatic rings. The second-order valence-corrected chi connectivity index (χ2v) is 7.58. The van der Waals surface area contributed by atoms with Gasteiger partial charge in [0.2, 0.25) is 0 Å². The molecule has 2 amide bonds. The zero-order valence-electron chi connectivity index (χ0n) is 15.5. The Kier molecular flexibility index (Phi) is 5.51. The summed E-state index contributed by atoms with van der Waals surface area (Å²) in [6.45, 7) is 5.91. The lowest BCUT2D eigenvalue weighted by molar-refractivity contribution is 0.117. The Morgan fingerprint density at radius 3 is 2.62 bits per heavy atom. The van der Waals surface area contributed by atoms with Crippen molar-refractivity contribution in [2.24, 2.45) is 5.92 Å². The van der Waals surface area contributed by atoms with Crippen molar-refractivity contribution < 1.29 is 18.7 Å². The van der Waals surface area contributed by atoms with Gasteiger partial charge in [-0.1, -0.05) is 13.8 Å². The third-order valence-corrected chi connectivity index (χ3v) is 5.20. The Labute approximate surface area is 153 Å². The van der Waals surface area contributed by atoms with Crippen LogP contribution in [0.4, 0.5) is 9.18 Å². The number of hydrogen-bond acceptors (Lipinski definition) is 3. The molecule has 1 atom stereocenters. The maximum absolute atomic E-state index is 13.5. The van der Waals surface area contributed by atoms with Gasteiger partial charge in [-0.15, -0.1) is 0 Å². The Morgan fingerprint density at radius 1 is 1.27 bits per heavy atom. The first-order valence-electron chi connectivity index (χ1n) is 9.28. The molecule has 5 nitrogen and oxygen atoms in total. The summed E-state index contributed by atoms with van der Waals surface area (Å²) in [6.07, 6.45) is 2.74. The van der Waals surface area contributed by atoms with Crippen molar-refractivity contribution in [3.63, 3.8) is 0 Å². The molecule has 6 heteroatoms. The molecule has 3 rings (SSSR count). The maximum Gasteiger partial charge on any atom is 0.315 e. The van der Waals surface area contributed by atoms with Crippen LogP contribution in [0.5, 0.6) is 0 Å². The topological polar surface area (TPSA) is 74.5 Å². The lowest BCUT2D eigenvalue weighted by Gasteiger charge is -2.28. The Balaban J connectivity index is 1.75. The molecule has 0 saturated heterocycles. The van der Waals surface area contributed by atoms with Gasteiger partial charge in [-0.25, -0.2) is 9.18 Å². The predicted octanol–water partition coefficient (Wildman–Crippen LogP) is 4.18. The Bertz CT molecular complexity index is 779. The van der Waals surface area contributed by atoms with E-state index in [1.54, 1.807) is 6.07 Å². The average molecular weight is 362 g/mol. The van der Waals surface area contributed by atoms with E-state index in [4.69, 9.17) is 4.42 Å². The molecule has 142 valence electrons. The minimum absolute atomic E-state index is 0.0806. The van der Waals surface area contributed by atoms with Crippen molar-refractivity contribution in [2.45, 2.75) is 64.6 Å². The summed E-state index contributed by atoms with van der Waals surface area (Å²) in [5, 5.41) is 16.3. The fourth-order valence-corrected chi connectivity index (χ4v) is 3.63. The van der Waals surface area contributed by atoms with Crippen molar-refractivity contribution in [3.05, 3.63) is 35.3 Å². The quantitative estimate of drug-likeness (QED) is 0.764. The number of carbonyl (C=O) groups is 1. The molecule has 0 unspecified atom stereocenters. The van der Waals surface area contributed by atoms with Gasteiger partial charge in [0, 0.05) is 17.0 Å². The highest BCUT2D eigenvalue weighted by Gasteiger charge is 2.27. The molecule has 1 aromatic carbocycles. The van der Waals surface area contributed by atoms with Gasteiger partial charge >= 0.3 is 6.03 Å². The van der Waals surface area contributed by atoms with E-state index in [0.29, 0.717) is 24.2 Å². The smallest absolute Gasteiger partial charge is 0.315 e. The number of fused-ring (bicyclic) bond motifs is 1. The van der Waals surface area contributed by atoms with Crippen LogP contribution >= 0.6 is 0 Å². The number of rotatable bonds is 4. The lowest BCUT2D eigenvalue weighted by atomic mass is 9.93. The number of halogens is 1. The molecule has 1 aliphatic rings. The number of urea groups is 1. The Morgan fingerprint density at radius 2 is 1.96 bits per heavy atom. The number of benzene rings is 1. The number of aliphatic hydroxyl groups is 1. The van der Waals surface area contributed by atoms with E-state index >= 15 is 0 Å². The van der Waals surface area contributed by atoms with Gasteiger partial charge in [-0.05, 0) is 56.7 Å². The molecule has 0 aliphatic heterocycles. The number of amides is 2. The number of carbonyl (C=O) groups excluding carboxylic acids is 1. The van der Waals surface area contributed by atoms with Gasteiger partial charge in [0.1, 0.15) is 17.2 Å². The predicted molar refractivity (Wildman–Crippen MR) is 98.4 cm³/mol. The van der Waals surface area contributed by atoms with Gasteiger partial charge in [-0.2, -0.15) is 0 Å². The minimum atomic E-state index is -0.306. The molecular formula is C20H27FN2O3. The molecule has 0 spiro atoms. The fourth-order valence-electron chi connectivity index (χ4n) is 3.63. The second kappa shape index (κ2) is 7.66. The lowest BCUT2D eigenvalue weighted by Crippen LogP contribution is -2.46. The van der Waals surface area contributed by atoms with Crippen LogP contribution in [0, 0.1) is 18.7 Å². The first kappa shape index (κ1) is 18.7. The second-order valence-electron chi connectivity index (χ2n) is 7.58. The van der Waals surface area contributed by atoms with E-state index in [2.05, 4.69) is 10.6 Å².